The Hall–Kier alpha value is -2.78. The molecule has 2 aromatic rings. The summed E-state index contributed by atoms with van der Waals surface area (Å²) in [6, 6.07) is 4.32. The summed E-state index contributed by atoms with van der Waals surface area (Å²) < 4.78 is 24.9. The summed E-state index contributed by atoms with van der Waals surface area (Å²) >= 11 is 11.9. The highest BCUT2D eigenvalue weighted by atomic mass is 35.5. The molecule has 0 bridgehead atoms. The number of hydrogen-bond acceptors (Lipinski definition) is 6. The van der Waals surface area contributed by atoms with E-state index in [2.05, 4.69) is 4.98 Å². The minimum absolute atomic E-state index is 0.160. The van der Waals surface area contributed by atoms with E-state index < -0.39 is 5.82 Å². The van der Waals surface area contributed by atoms with Crippen molar-refractivity contribution in [3.8, 4) is 11.5 Å². The summed E-state index contributed by atoms with van der Waals surface area (Å²) in [6.45, 7) is 5.26. The van der Waals surface area contributed by atoms with E-state index in [-0.39, 0.29) is 35.8 Å². The van der Waals surface area contributed by atoms with Gasteiger partial charge in [-0.2, -0.15) is 0 Å². The first-order valence-corrected chi connectivity index (χ1v) is 11.3. The molecular formula is C22H25Cl2FN4O4. The van der Waals surface area contributed by atoms with Crippen LogP contribution in [0.25, 0.3) is 0 Å². The molecule has 4 rings (SSSR count). The lowest BCUT2D eigenvalue weighted by Gasteiger charge is -2.37. The summed E-state index contributed by atoms with van der Waals surface area (Å²) in [7, 11) is 1.47. The molecule has 178 valence electrons. The molecule has 0 unspecified atom stereocenters. The van der Waals surface area contributed by atoms with E-state index in [4.69, 9.17) is 32.7 Å². The maximum Gasteiger partial charge on any atom is 0.266 e. The molecular weight excluding hydrogens is 474 g/mol. The highest BCUT2D eigenvalue weighted by Crippen LogP contribution is 2.33. The summed E-state index contributed by atoms with van der Waals surface area (Å²) in [6.07, 6.45) is 1.40. The van der Waals surface area contributed by atoms with Gasteiger partial charge in [0.25, 0.3) is 5.91 Å². The normalized spacial score (nSPS) is 15.3. The lowest BCUT2D eigenvalue weighted by Crippen LogP contribution is -2.53. The smallest absolute Gasteiger partial charge is 0.266 e. The number of pyridine rings is 1. The minimum Gasteiger partial charge on any atom is -0.495 e. The number of piperazine rings is 1. The molecule has 0 radical (unpaired) electrons. The van der Waals surface area contributed by atoms with Crippen LogP contribution in [0.1, 0.15) is 13.8 Å². The molecule has 2 aliphatic heterocycles. The second kappa shape index (κ2) is 10.9. The zero-order valence-electron chi connectivity index (χ0n) is 18.6. The van der Waals surface area contributed by atoms with Gasteiger partial charge < -0.3 is 19.3 Å². The van der Waals surface area contributed by atoms with Crippen molar-refractivity contribution in [2.24, 2.45) is 0 Å². The SMILES string of the molecule is CC.COc1cc(N2CCN(C(=O)CN3C(=O)COc4cc(Cl)cnc43)CC2)c(F)cc1Cl. The summed E-state index contributed by atoms with van der Waals surface area (Å²) in [4.78, 5) is 34.1. The van der Waals surface area contributed by atoms with Gasteiger partial charge in [0.15, 0.2) is 18.2 Å². The van der Waals surface area contributed by atoms with Crippen molar-refractivity contribution in [2.75, 3.05) is 56.2 Å². The molecule has 11 heteroatoms. The van der Waals surface area contributed by atoms with Crippen LogP contribution in [-0.2, 0) is 9.59 Å². The second-order valence-corrected chi connectivity index (χ2v) is 7.89. The van der Waals surface area contributed by atoms with Crippen LogP contribution in [0.3, 0.4) is 0 Å². The van der Waals surface area contributed by atoms with E-state index in [1.54, 1.807) is 17.0 Å². The fourth-order valence-electron chi connectivity index (χ4n) is 3.57. The predicted octanol–water partition coefficient (Wildman–Crippen LogP) is 3.64. The largest absolute Gasteiger partial charge is 0.495 e. The molecule has 0 spiro atoms. The quantitative estimate of drug-likeness (QED) is 0.640. The first-order chi connectivity index (χ1) is 15.9. The maximum atomic E-state index is 14.4. The van der Waals surface area contributed by atoms with Gasteiger partial charge in [0.2, 0.25) is 5.91 Å². The van der Waals surface area contributed by atoms with Crippen LogP contribution in [0, 0.1) is 5.82 Å². The zero-order chi connectivity index (χ0) is 24.1. The number of ether oxygens (including phenoxy) is 2. The maximum absolute atomic E-state index is 14.4. The average Bonchev–Trinajstić information content (AvgIpc) is 2.82. The Morgan fingerprint density at radius 1 is 1.18 bits per heavy atom. The Balaban J connectivity index is 0.00000149. The van der Waals surface area contributed by atoms with Crippen molar-refractivity contribution >= 4 is 46.5 Å². The monoisotopic (exact) mass is 498 g/mol. The van der Waals surface area contributed by atoms with Gasteiger partial charge in [0.1, 0.15) is 18.1 Å². The first kappa shape index (κ1) is 24.9. The van der Waals surface area contributed by atoms with Crippen LogP contribution < -0.4 is 19.3 Å². The molecule has 3 heterocycles. The molecule has 0 aliphatic carbocycles. The molecule has 1 aromatic carbocycles. The molecule has 2 aliphatic rings. The Morgan fingerprint density at radius 2 is 1.88 bits per heavy atom. The van der Waals surface area contributed by atoms with Gasteiger partial charge in [0.05, 0.1) is 22.8 Å². The number of methoxy groups -OCH3 is 1. The topological polar surface area (TPSA) is 75.2 Å². The Labute approximate surface area is 201 Å². The number of fused-ring (bicyclic) bond motifs is 1. The van der Waals surface area contributed by atoms with Crippen molar-refractivity contribution in [1.29, 1.82) is 0 Å². The van der Waals surface area contributed by atoms with Gasteiger partial charge in [-0.15, -0.1) is 0 Å². The molecule has 8 nitrogen and oxygen atoms in total. The van der Waals surface area contributed by atoms with Crippen molar-refractivity contribution in [3.05, 3.63) is 40.3 Å². The molecule has 0 saturated carbocycles. The predicted molar refractivity (Wildman–Crippen MR) is 125 cm³/mol. The van der Waals surface area contributed by atoms with Gasteiger partial charge in [-0.1, -0.05) is 37.0 Å². The van der Waals surface area contributed by atoms with Gasteiger partial charge in [0, 0.05) is 44.5 Å². The van der Waals surface area contributed by atoms with Crippen molar-refractivity contribution in [2.45, 2.75) is 13.8 Å². The van der Waals surface area contributed by atoms with Crippen LogP contribution >= 0.6 is 23.2 Å². The van der Waals surface area contributed by atoms with E-state index in [9.17, 15) is 14.0 Å². The number of carbonyl (C=O) groups excluding carboxylic acids is 2. The molecule has 1 saturated heterocycles. The van der Waals surface area contributed by atoms with E-state index in [1.165, 1.54) is 24.3 Å². The lowest BCUT2D eigenvalue weighted by molar-refractivity contribution is -0.132. The van der Waals surface area contributed by atoms with Crippen molar-refractivity contribution < 1.29 is 23.5 Å². The second-order valence-electron chi connectivity index (χ2n) is 7.05. The summed E-state index contributed by atoms with van der Waals surface area (Å²) in [5.74, 6) is -0.0317. The molecule has 1 aromatic heterocycles. The third kappa shape index (κ3) is 5.42. The van der Waals surface area contributed by atoms with Crippen molar-refractivity contribution in [3.63, 3.8) is 0 Å². The Bertz CT molecular complexity index is 1030. The molecule has 0 atom stereocenters. The summed E-state index contributed by atoms with van der Waals surface area (Å²) in [5, 5.41) is 0.574. The van der Waals surface area contributed by atoms with E-state index in [0.29, 0.717) is 48.4 Å². The van der Waals surface area contributed by atoms with E-state index >= 15 is 0 Å². The van der Waals surface area contributed by atoms with Gasteiger partial charge >= 0.3 is 0 Å². The highest BCUT2D eigenvalue weighted by Gasteiger charge is 2.31. The summed E-state index contributed by atoms with van der Waals surface area (Å²) in [5.41, 5.74) is 0.367. The van der Waals surface area contributed by atoms with E-state index in [0.717, 1.165) is 0 Å². The third-order valence-corrected chi connectivity index (χ3v) is 5.70. The Kier molecular flexibility index (Phi) is 8.20. The lowest BCUT2D eigenvalue weighted by atomic mass is 10.2. The van der Waals surface area contributed by atoms with Crippen LogP contribution in [0.2, 0.25) is 10.0 Å². The molecule has 0 N–H and O–H groups in total. The number of hydrogen-bond donors (Lipinski definition) is 0. The molecule has 1 fully saturated rings. The number of benzene rings is 1. The standard InChI is InChI=1S/C20H19Cl2FN4O4.C2H6/c1-30-16-8-15(14(23)7-13(16)22)25-2-4-26(5-3-25)18(28)10-27-19(29)11-31-17-6-12(21)9-24-20(17)27;1-2/h6-9H,2-5,10-11H2,1H3;1-2H3. The van der Waals surface area contributed by atoms with Crippen LogP contribution in [-0.4, -0.2) is 68.1 Å². The number of amides is 2. The number of halogens is 3. The molecule has 2 amide bonds. The number of aromatic nitrogens is 1. The third-order valence-electron chi connectivity index (χ3n) is 5.20. The first-order valence-electron chi connectivity index (χ1n) is 10.5. The van der Waals surface area contributed by atoms with Crippen molar-refractivity contribution in [1.82, 2.24) is 9.88 Å². The van der Waals surface area contributed by atoms with Gasteiger partial charge in [-0.05, 0) is 6.07 Å². The fourth-order valence-corrected chi connectivity index (χ4v) is 3.95. The zero-order valence-corrected chi connectivity index (χ0v) is 20.1. The van der Waals surface area contributed by atoms with E-state index in [1.807, 2.05) is 18.7 Å². The molecule has 33 heavy (non-hydrogen) atoms. The number of nitrogens with zero attached hydrogens (tertiary/aromatic N) is 4. The van der Waals surface area contributed by atoms with Gasteiger partial charge in [-0.3, -0.25) is 14.5 Å². The van der Waals surface area contributed by atoms with Gasteiger partial charge in [-0.25, -0.2) is 9.37 Å². The average molecular weight is 499 g/mol. The fraction of sp³-hybridized carbons (Fsp3) is 0.409. The number of rotatable bonds is 4. The minimum atomic E-state index is -0.453. The van der Waals surface area contributed by atoms with Crippen LogP contribution in [0.5, 0.6) is 11.5 Å². The highest BCUT2D eigenvalue weighted by molar-refractivity contribution is 6.32. The van der Waals surface area contributed by atoms with Crippen LogP contribution in [0.4, 0.5) is 15.9 Å². The number of anilines is 2. The van der Waals surface area contributed by atoms with Crippen LogP contribution in [0.15, 0.2) is 24.4 Å². The Morgan fingerprint density at radius 3 is 2.55 bits per heavy atom. The number of carbonyl (C=O) groups is 2.